The molecule has 0 amide bonds. The molecule has 1 rings (SSSR count). The van der Waals surface area contributed by atoms with E-state index in [1.807, 2.05) is 0 Å². The molecular formula is C7H4ClNO3. The van der Waals surface area contributed by atoms with Gasteiger partial charge in [-0.25, -0.2) is 9.78 Å². The first-order valence-corrected chi connectivity index (χ1v) is 3.37. The fraction of sp³-hybridized carbons (Fsp3) is 0. The van der Waals surface area contributed by atoms with Crippen molar-refractivity contribution in [1.29, 1.82) is 0 Å². The molecule has 0 saturated carbocycles. The molecule has 0 aliphatic heterocycles. The zero-order valence-electron chi connectivity index (χ0n) is 5.82. The molecule has 0 saturated heterocycles. The summed E-state index contributed by atoms with van der Waals surface area (Å²) in [7, 11) is 0. The van der Waals surface area contributed by atoms with Gasteiger partial charge in [-0.2, -0.15) is 0 Å². The van der Waals surface area contributed by atoms with Crippen LogP contribution in [0.25, 0.3) is 0 Å². The minimum atomic E-state index is -1.17. The lowest BCUT2D eigenvalue weighted by molar-refractivity contribution is 0.0690. The van der Waals surface area contributed by atoms with Crippen LogP contribution in [0.3, 0.4) is 0 Å². The number of rotatable bonds is 2. The summed E-state index contributed by atoms with van der Waals surface area (Å²) in [5, 5.41) is 8.56. The third-order valence-electron chi connectivity index (χ3n) is 1.23. The number of aromatic nitrogens is 1. The topological polar surface area (TPSA) is 67.3 Å². The highest BCUT2D eigenvalue weighted by Crippen LogP contribution is 2.13. The number of carboxylic acids is 1. The molecule has 1 heterocycles. The molecule has 0 atom stereocenters. The van der Waals surface area contributed by atoms with Crippen LogP contribution >= 0.6 is 11.6 Å². The number of hydrogen-bond donors (Lipinski definition) is 1. The summed E-state index contributed by atoms with van der Waals surface area (Å²) < 4.78 is 0. The molecule has 0 radical (unpaired) electrons. The van der Waals surface area contributed by atoms with E-state index in [0.29, 0.717) is 6.29 Å². The largest absolute Gasteiger partial charge is 0.477 e. The van der Waals surface area contributed by atoms with E-state index in [4.69, 9.17) is 16.7 Å². The van der Waals surface area contributed by atoms with Crippen molar-refractivity contribution in [1.82, 2.24) is 4.98 Å². The zero-order valence-corrected chi connectivity index (χ0v) is 6.58. The quantitative estimate of drug-likeness (QED) is 0.704. The van der Waals surface area contributed by atoms with Gasteiger partial charge in [0.1, 0.15) is 5.69 Å². The van der Waals surface area contributed by atoms with Crippen molar-refractivity contribution in [2.75, 3.05) is 0 Å². The zero-order chi connectivity index (χ0) is 9.14. The molecule has 1 N–H and O–H groups in total. The predicted molar refractivity (Wildman–Crippen MR) is 41.6 cm³/mol. The van der Waals surface area contributed by atoms with E-state index in [9.17, 15) is 9.59 Å². The molecule has 62 valence electrons. The number of halogens is 1. The summed E-state index contributed by atoms with van der Waals surface area (Å²) in [4.78, 5) is 24.1. The second-order valence-electron chi connectivity index (χ2n) is 2.01. The average molecular weight is 186 g/mol. The lowest BCUT2D eigenvalue weighted by atomic mass is 10.2. The van der Waals surface area contributed by atoms with Crippen molar-refractivity contribution in [3.05, 3.63) is 28.5 Å². The average Bonchev–Trinajstić information content (AvgIpc) is 2.04. The van der Waals surface area contributed by atoms with Gasteiger partial charge in [0.05, 0.1) is 10.6 Å². The summed E-state index contributed by atoms with van der Waals surface area (Å²) in [6.45, 7) is 0. The van der Waals surface area contributed by atoms with Gasteiger partial charge in [-0.1, -0.05) is 11.6 Å². The Morgan fingerprint density at radius 3 is 2.75 bits per heavy atom. The fourth-order valence-electron chi connectivity index (χ4n) is 0.645. The number of aromatic carboxylic acids is 1. The maximum atomic E-state index is 10.3. The van der Waals surface area contributed by atoms with Gasteiger partial charge in [-0.3, -0.25) is 4.79 Å². The van der Waals surface area contributed by atoms with E-state index < -0.39 is 5.97 Å². The van der Waals surface area contributed by atoms with Crippen molar-refractivity contribution in [2.24, 2.45) is 0 Å². The number of pyridine rings is 1. The number of hydrogen-bond acceptors (Lipinski definition) is 3. The molecule has 12 heavy (non-hydrogen) atoms. The van der Waals surface area contributed by atoms with Crippen LogP contribution in [0, 0.1) is 0 Å². The third-order valence-corrected chi connectivity index (χ3v) is 1.56. The fourth-order valence-corrected chi connectivity index (χ4v) is 0.842. The van der Waals surface area contributed by atoms with Crippen LogP contribution in [0.2, 0.25) is 5.02 Å². The smallest absolute Gasteiger partial charge is 0.354 e. The van der Waals surface area contributed by atoms with Crippen molar-refractivity contribution in [3.63, 3.8) is 0 Å². The van der Waals surface area contributed by atoms with E-state index in [2.05, 4.69) is 4.98 Å². The molecule has 0 bridgehead atoms. The van der Waals surface area contributed by atoms with Crippen LogP contribution in [0.4, 0.5) is 0 Å². The Bertz CT molecular complexity index is 337. The van der Waals surface area contributed by atoms with Crippen LogP contribution in [-0.2, 0) is 0 Å². The number of aldehydes is 1. The Kier molecular flexibility index (Phi) is 2.40. The molecular weight excluding hydrogens is 182 g/mol. The monoisotopic (exact) mass is 185 g/mol. The Hall–Kier alpha value is -1.42. The third kappa shape index (κ3) is 1.60. The van der Waals surface area contributed by atoms with Crippen LogP contribution < -0.4 is 0 Å². The van der Waals surface area contributed by atoms with E-state index in [1.54, 1.807) is 0 Å². The second kappa shape index (κ2) is 3.32. The summed E-state index contributed by atoms with van der Waals surface area (Å²) >= 11 is 5.54. The summed E-state index contributed by atoms with van der Waals surface area (Å²) in [5.74, 6) is -1.17. The highest BCUT2D eigenvalue weighted by molar-refractivity contribution is 6.33. The van der Waals surface area contributed by atoms with Crippen molar-refractivity contribution in [3.8, 4) is 0 Å². The first kappa shape index (κ1) is 8.67. The Morgan fingerprint density at radius 2 is 2.33 bits per heavy atom. The van der Waals surface area contributed by atoms with Crippen LogP contribution in [0.15, 0.2) is 12.3 Å². The molecule has 0 aromatic carbocycles. The molecule has 5 heteroatoms. The molecule has 4 nitrogen and oxygen atoms in total. The standard InChI is InChI=1S/C7H4ClNO3/c8-5-1-6(7(11)12)9-2-4(5)3-10/h1-3H,(H,11,12). The number of carbonyl (C=O) groups is 2. The predicted octanol–water partition coefficient (Wildman–Crippen LogP) is 1.25. The highest BCUT2D eigenvalue weighted by Gasteiger charge is 2.07. The lowest BCUT2D eigenvalue weighted by Gasteiger charge is -1.96. The molecule has 0 aliphatic rings. The normalized spacial score (nSPS) is 9.42. The number of nitrogens with zero attached hydrogens (tertiary/aromatic N) is 1. The summed E-state index contributed by atoms with van der Waals surface area (Å²) in [6, 6.07) is 1.13. The Balaban J connectivity index is 3.18. The van der Waals surface area contributed by atoms with E-state index in [-0.39, 0.29) is 16.3 Å². The first-order chi connectivity index (χ1) is 5.65. The van der Waals surface area contributed by atoms with Gasteiger partial charge in [-0.05, 0) is 6.07 Å². The summed E-state index contributed by atoms with van der Waals surface area (Å²) in [5.41, 5.74) is 0.00673. The van der Waals surface area contributed by atoms with Gasteiger partial charge < -0.3 is 5.11 Å². The maximum Gasteiger partial charge on any atom is 0.354 e. The SMILES string of the molecule is O=Cc1cnc(C(=O)O)cc1Cl. The van der Waals surface area contributed by atoms with Gasteiger partial charge in [-0.15, -0.1) is 0 Å². The Morgan fingerprint density at radius 1 is 1.67 bits per heavy atom. The van der Waals surface area contributed by atoms with Crippen LogP contribution in [0.5, 0.6) is 0 Å². The minimum Gasteiger partial charge on any atom is -0.477 e. The van der Waals surface area contributed by atoms with Crippen LogP contribution in [-0.4, -0.2) is 22.3 Å². The van der Waals surface area contributed by atoms with Gasteiger partial charge in [0.2, 0.25) is 0 Å². The second-order valence-corrected chi connectivity index (χ2v) is 2.42. The molecule has 1 aromatic heterocycles. The molecule has 0 aliphatic carbocycles. The van der Waals surface area contributed by atoms with Crippen molar-refractivity contribution in [2.45, 2.75) is 0 Å². The van der Waals surface area contributed by atoms with Gasteiger partial charge in [0.25, 0.3) is 0 Å². The lowest BCUT2D eigenvalue weighted by Crippen LogP contribution is -2.00. The number of carbonyl (C=O) groups excluding carboxylic acids is 1. The van der Waals surface area contributed by atoms with Gasteiger partial charge >= 0.3 is 5.97 Å². The highest BCUT2D eigenvalue weighted by atomic mass is 35.5. The molecule has 1 aromatic rings. The van der Waals surface area contributed by atoms with Crippen LogP contribution in [0.1, 0.15) is 20.8 Å². The summed E-state index contributed by atoms with van der Waals surface area (Å²) in [6.07, 6.45) is 1.64. The van der Waals surface area contributed by atoms with E-state index in [0.717, 1.165) is 12.3 Å². The minimum absolute atomic E-state index is 0.0948. The number of carboxylic acid groups (broad SMARTS) is 1. The van der Waals surface area contributed by atoms with Crippen molar-refractivity contribution >= 4 is 23.9 Å². The first-order valence-electron chi connectivity index (χ1n) is 2.99. The van der Waals surface area contributed by atoms with E-state index >= 15 is 0 Å². The van der Waals surface area contributed by atoms with Gasteiger partial charge in [0, 0.05) is 6.20 Å². The molecule has 0 unspecified atom stereocenters. The maximum absolute atomic E-state index is 10.3. The molecule has 0 fully saturated rings. The van der Waals surface area contributed by atoms with Gasteiger partial charge in [0.15, 0.2) is 6.29 Å². The van der Waals surface area contributed by atoms with E-state index in [1.165, 1.54) is 0 Å². The van der Waals surface area contributed by atoms with Crippen molar-refractivity contribution < 1.29 is 14.7 Å². The molecule has 0 spiro atoms. The Labute approximate surface area is 72.8 Å².